The van der Waals surface area contributed by atoms with Gasteiger partial charge in [0.15, 0.2) is 0 Å². The molecule has 6 nitrogen and oxygen atoms in total. The zero-order valence-corrected chi connectivity index (χ0v) is 14.4. The van der Waals surface area contributed by atoms with Crippen LogP contribution in [0.15, 0.2) is 53.4 Å². The molecular weight excluding hydrogens is 358 g/mol. The summed E-state index contributed by atoms with van der Waals surface area (Å²) in [6.07, 6.45) is 5.60. The van der Waals surface area contributed by atoms with Gasteiger partial charge >= 0.3 is 6.61 Å². The molecule has 0 spiro atoms. The van der Waals surface area contributed by atoms with Crippen molar-refractivity contribution in [3.8, 4) is 5.75 Å². The van der Waals surface area contributed by atoms with Gasteiger partial charge in [-0.3, -0.25) is 9.59 Å². The lowest BCUT2D eigenvalue weighted by atomic mass is 10.2. The van der Waals surface area contributed by atoms with Gasteiger partial charge in [-0.05, 0) is 18.2 Å². The molecule has 1 aromatic heterocycles. The summed E-state index contributed by atoms with van der Waals surface area (Å²) in [6, 6.07) is 7.84. The molecule has 142 valence electrons. The Kier molecular flexibility index (Phi) is 5.85. The number of furan rings is 1. The Balaban J connectivity index is 1.57. The zero-order chi connectivity index (χ0) is 19.2. The summed E-state index contributed by atoms with van der Waals surface area (Å²) < 4.78 is 34.2. The van der Waals surface area contributed by atoms with Crippen molar-refractivity contribution in [2.24, 2.45) is 0 Å². The average Bonchev–Trinajstić information content (AvgIpc) is 3.21. The Morgan fingerprint density at radius 1 is 1.07 bits per heavy atom. The lowest BCUT2D eigenvalue weighted by Crippen LogP contribution is -2.50. The number of ether oxygens (including phenoxy) is 1. The number of hydrogen-bond acceptors (Lipinski definition) is 4. The van der Waals surface area contributed by atoms with Crippen LogP contribution in [0.4, 0.5) is 8.78 Å². The van der Waals surface area contributed by atoms with Crippen molar-refractivity contribution in [1.82, 2.24) is 9.80 Å². The van der Waals surface area contributed by atoms with Gasteiger partial charge in [-0.2, -0.15) is 8.78 Å². The quantitative estimate of drug-likeness (QED) is 0.753. The van der Waals surface area contributed by atoms with Gasteiger partial charge in [-0.1, -0.05) is 18.2 Å². The van der Waals surface area contributed by atoms with E-state index in [0.717, 1.165) is 0 Å². The first-order chi connectivity index (χ1) is 13.0. The van der Waals surface area contributed by atoms with E-state index in [9.17, 15) is 18.4 Å². The molecule has 3 rings (SSSR count). The molecule has 2 amide bonds. The predicted molar refractivity (Wildman–Crippen MR) is 93.3 cm³/mol. The van der Waals surface area contributed by atoms with Crippen molar-refractivity contribution in [1.29, 1.82) is 0 Å². The van der Waals surface area contributed by atoms with Crippen LogP contribution in [-0.2, 0) is 4.79 Å². The van der Waals surface area contributed by atoms with Gasteiger partial charge in [0, 0.05) is 37.8 Å². The highest BCUT2D eigenvalue weighted by molar-refractivity contribution is 5.95. The SMILES string of the molecule is O=C(/C=C/c1ccccc1OC(F)F)N1CCN(C(=O)c2ccoc2)CC1. The highest BCUT2D eigenvalue weighted by atomic mass is 19.3. The molecule has 0 unspecified atom stereocenters. The Hall–Kier alpha value is -3.16. The third-order valence-electron chi connectivity index (χ3n) is 4.19. The fraction of sp³-hybridized carbons (Fsp3) is 0.263. The second-order valence-corrected chi connectivity index (χ2v) is 5.88. The number of piperazine rings is 1. The number of nitrogens with zero attached hydrogens (tertiary/aromatic N) is 2. The number of benzene rings is 1. The Morgan fingerprint density at radius 2 is 1.78 bits per heavy atom. The van der Waals surface area contributed by atoms with Crippen molar-refractivity contribution in [2.75, 3.05) is 26.2 Å². The molecule has 0 aliphatic carbocycles. The summed E-state index contributed by atoms with van der Waals surface area (Å²) in [5.41, 5.74) is 0.866. The molecule has 1 saturated heterocycles. The van der Waals surface area contributed by atoms with E-state index in [0.29, 0.717) is 37.3 Å². The van der Waals surface area contributed by atoms with E-state index in [4.69, 9.17) is 4.42 Å². The van der Waals surface area contributed by atoms with Crippen molar-refractivity contribution in [2.45, 2.75) is 6.61 Å². The maximum atomic E-state index is 12.4. The molecule has 27 heavy (non-hydrogen) atoms. The number of carbonyl (C=O) groups is 2. The fourth-order valence-corrected chi connectivity index (χ4v) is 2.79. The van der Waals surface area contributed by atoms with Crippen LogP contribution in [0.2, 0.25) is 0 Å². The van der Waals surface area contributed by atoms with E-state index in [2.05, 4.69) is 4.74 Å². The highest BCUT2D eigenvalue weighted by Crippen LogP contribution is 2.21. The maximum absolute atomic E-state index is 12.4. The Morgan fingerprint density at radius 3 is 2.44 bits per heavy atom. The number of amides is 2. The van der Waals surface area contributed by atoms with Crippen LogP contribution in [0.25, 0.3) is 6.08 Å². The van der Waals surface area contributed by atoms with Crippen LogP contribution in [0, 0.1) is 0 Å². The zero-order valence-electron chi connectivity index (χ0n) is 14.4. The van der Waals surface area contributed by atoms with Gasteiger partial charge in [-0.15, -0.1) is 0 Å². The molecule has 2 heterocycles. The van der Waals surface area contributed by atoms with E-state index in [1.54, 1.807) is 34.1 Å². The van der Waals surface area contributed by atoms with E-state index >= 15 is 0 Å². The summed E-state index contributed by atoms with van der Waals surface area (Å²) in [4.78, 5) is 27.8. The number of para-hydroxylation sites is 1. The number of hydrogen-bond donors (Lipinski definition) is 0. The van der Waals surface area contributed by atoms with Crippen LogP contribution in [0.5, 0.6) is 5.75 Å². The summed E-state index contributed by atoms with van der Waals surface area (Å²) >= 11 is 0. The monoisotopic (exact) mass is 376 g/mol. The third kappa shape index (κ3) is 4.72. The number of halogens is 2. The van der Waals surface area contributed by atoms with E-state index in [-0.39, 0.29) is 17.6 Å². The van der Waals surface area contributed by atoms with Crippen molar-refractivity contribution in [3.63, 3.8) is 0 Å². The minimum atomic E-state index is -2.93. The molecular formula is C19H18F2N2O4. The molecule has 1 aromatic carbocycles. The lowest BCUT2D eigenvalue weighted by molar-refractivity contribution is -0.127. The van der Waals surface area contributed by atoms with Gasteiger partial charge < -0.3 is 19.0 Å². The molecule has 0 N–H and O–H groups in total. The summed E-state index contributed by atoms with van der Waals surface area (Å²) in [5.74, 6) is -0.381. The molecule has 2 aromatic rings. The number of alkyl halides is 2. The van der Waals surface area contributed by atoms with Crippen LogP contribution < -0.4 is 4.74 Å². The molecule has 0 saturated carbocycles. The van der Waals surface area contributed by atoms with Gasteiger partial charge in [-0.25, -0.2) is 0 Å². The van der Waals surface area contributed by atoms with Crippen molar-refractivity contribution in [3.05, 3.63) is 60.1 Å². The highest BCUT2D eigenvalue weighted by Gasteiger charge is 2.24. The largest absolute Gasteiger partial charge is 0.472 e. The van der Waals surface area contributed by atoms with Gasteiger partial charge in [0.2, 0.25) is 5.91 Å². The fourth-order valence-electron chi connectivity index (χ4n) is 2.79. The van der Waals surface area contributed by atoms with Gasteiger partial charge in [0.1, 0.15) is 12.0 Å². The summed E-state index contributed by atoms with van der Waals surface area (Å²) in [6.45, 7) is -1.33. The minimum Gasteiger partial charge on any atom is -0.472 e. The van der Waals surface area contributed by atoms with Gasteiger partial charge in [0.05, 0.1) is 11.8 Å². The maximum Gasteiger partial charge on any atom is 0.387 e. The first kappa shape index (κ1) is 18.6. The lowest BCUT2D eigenvalue weighted by Gasteiger charge is -2.34. The van der Waals surface area contributed by atoms with Crippen LogP contribution in [-0.4, -0.2) is 54.4 Å². The second kappa shape index (κ2) is 8.48. The molecule has 1 fully saturated rings. The number of carbonyl (C=O) groups excluding carboxylic acids is 2. The second-order valence-electron chi connectivity index (χ2n) is 5.88. The Labute approximate surface area is 154 Å². The summed E-state index contributed by atoms with van der Waals surface area (Å²) in [5, 5.41) is 0. The molecule has 1 aliphatic rings. The summed E-state index contributed by atoms with van der Waals surface area (Å²) in [7, 11) is 0. The number of rotatable bonds is 5. The third-order valence-corrected chi connectivity index (χ3v) is 4.19. The normalized spacial score (nSPS) is 14.8. The molecule has 8 heteroatoms. The van der Waals surface area contributed by atoms with Crippen LogP contribution in [0.1, 0.15) is 15.9 Å². The average molecular weight is 376 g/mol. The van der Waals surface area contributed by atoms with Crippen LogP contribution >= 0.6 is 0 Å². The molecule has 1 aliphatic heterocycles. The Bertz CT molecular complexity index is 813. The first-order valence-corrected chi connectivity index (χ1v) is 8.37. The van der Waals surface area contributed by atoms with E-state index in [1.165, 1.54) is 30.7 Å². The molecule has 0 radical (unpaired) electrons. The van der Waals surface area contributed by atoms with Gasteiger partial charge in [0.25, 0.3) is 5.91 Å². The van der Waals surface area contributed by atoms with Crippen LogP contribution in [0.3, 0.4) is 0 Å². The van der Waals surface area contributed by atoms with E-state index < -0.39 is 6.61 Å². The van der Waals surface area contributed by atoms with E-state index in [1.807, 2.05) is 0 Å². The molecule has 0 bridgehead atoms. The standard InChI is InChI=1S/C19H18F2N2O4/c20-19(21)27-16-4-2-1-3-14(16)5-6-17(24)22-8-10-23(11-9-22)18(25)15-7-12-26-13-15/h1-7,12-13,19H,8-11H2/b6-5+. The smallest absolute Gasteiger partial charge is 0.387 e. The molecule has 0 atom stereocenters. The van der Waals surface area contributed by atoms with Crippen molar-refractivity contribution < 1.29 is 27.5 Å². The first-order valence-electron chi connectivity index (χ1n) is 8.37. The van der Waals surface area contributed by atoms with Crippen molar-refractivity contribution >= 4 is 17.9 Å². The topological polar surface area (TPSA) is 63.0 Å². The predicted octanol–water partition coefficient (Wildman–Crippen LogP) is 2.88. The minimum absolute atomic E-state index is 0.00655.